The highest BCUT2D eigenvalue weighted by atomic mass is 32.1. The normalized spacial score (nSPS) is 13.1. The summed E-state index contributed by atoms with van der Waals surface area (Å²) in [7, 11) is 0. The summed E-state index contributed by atoms with van der Waals surface area (Å²) < 4.78 is 18.7. The monoisotopic (exact) mass is 412 g/mol. The number of thiazole rings is 1. The van der Waals surface area contributed by atoms with Gasteiger partial charge in [0, 0.05) is 18.7 Å². The fraction of sp³-hybridized carbons (Fsp3) is 0.286. The van der Waals surface area contributed by atoms with Crippen LogP contribution >= 0.6 is 11.3 Å². The van der Waals surface area contributed by atoms with Gasteiger partial charge in [0.05, 0.1) is 29.7 Å². The third-order valence-corrected chi connectivity index (χ3v) is 5.48. The quantitative estimate of drug-likeness (QED) is 0.582. The van der Waals surface area contributed by atoms with Crippen LogP contribution < -0.4 is 14.3 Å². The van der Waals surface area contributed by atoms with Crippen LogP contribution in [0.2, 0.25) is 0 Å². The molecule has 1 aliphatic heterocycles. The Hall–Kier alpha value is -3.13. The summed E-state index contributed by atoms with van der Waals surface area (Å²) in [6.07, 6.45) is 0.407. The van der Waals surface area contributed by atoms with E-state index in [1.165, 1.54) is 11.3 Å². The van der Waals surface area contributed by atoms with Gasteiger partial charge in [-0.2, -0.15) is 4.99 Å². The first-order valence-corrected chi connectivity index (χ1v) is 10.2. The number of amides is 1. The van der Waals surface area contributed by atoms with Crippen LogP contribution in [0.4, 0.5) is 0 Å². The smallest absolute Gasteiger partial charge is 0.307 e. The number of nitrogens with zero attached hydrogens (tertiary/aromatic N) is 2. The molecule has 2 aromatic carbocycles. The molecule has 3 aromatic rings. The first kappa shape index (κ1) is 19.2. The van der Waals surface area contributed by atoms with Crippen LogP contribution in [0.15, 0.2) is 47.5 Å². The highest BCUT2D eigenvalue weighted by Gasteiger charge is 2.18. The standard InChI is InChI=1S/C21H20N2O5S/c1-2-26-20(25)8-9-23-15-11-16-17(28-13-27-16)12-18(15)29-21(23)22-19(24)10-14-6-4-3-5-7-14/h3-7,11-12H,2,8-10,13H2,1H3. The van der Waals surface area contributed by atoms with E-state index >= 15 is 0 Å². The first-order valence-electron chi connectivity index (χ1n) is 9.34. The average Bonchev–Trinajstić information content (AvgIpc) is 3.28. The van der Waals surface area contributed by atoms with Gasteiger partial charge in [0.2, 0.25) is 6.79 Å². The third-order valence-electron chi connectivity index (χ3n) is 4.44. The van der Waals surface area contributed by atoms with Crippen LogP contribution in [0.3, 0.4) is 0 Å². The summed E-state index contributed by atoms with van der Waals surface area (Å²) in [5.41, 5.74) is 1.75. The Bertz CT molecular complexity index is 1120. The predicted octanol–water partition coefficient (Wildman–Crippen LogP) is 3.05. The molecule has 0 saturated heterocycles. The molecule has 2 heterocycles. The number of benzene rings is 2. The highest BCUT2D eigenvalue weighted by Crippen LogP contribution is 2.37. The number of ether oxygens (including phenoxy) is 3. The second-order valence-corrected chi connectivity index (χ2v) is 7.44. The fourth-order valence-electron chi connectivity index (χ4n) is 3.11. The van der Waals surface area contributed by atoms with E-state index < -0.39 is 0 Å². The number of carbonyl (C=O) groups is 2. The number of fused-ring (bicyclic) bond motifs is 2. The Labute approximate surface area is 171 Å². The second kappa shape index (κ2) is 8.48. The molecule has 150 valence electrons. The molecule has 0 radical (unpaired) electrons. The molecule has 0 spiro atoms. The summed E-state index contributed by atoms with van der Waals surface area (Å²) in [6, 6.07) is 13.2. The highest BCUT2D eigenvalue weighted by molar-refractivity contribution is 7.16. The van der Waals surface area contributed by atoms with Crippen molar-refractivity contribution in [3.8, 4) is 11.5 Å². The molecule has 1 aliphatic rings. The lowest BCUT2D eigenvalue weighted by Crippen LogP contribution is -2.20. The maximum absolute atomic E-state index is 12.5. The molecule has 1 amide bonds. The molecule has 29 heavy (non-hydrogen) atoms. The van der Waals surface area contributed by atoms with Gasteiger partial charge in [-0.25, -0.2) is 0 Å². The van der Waals surface area contributed by atoms with Gasteiger partial charge in [-0.1, -0.05) is 41.7 Å². The van der Waals surface area contributed by atoms with E-state index in [-0.39, 0.29) is 31.5 Å². The molecule has 4 rings (SSSR count). The van der Waals surface area contributed by atoms with Gasteiger partial charge in [-0.15, -0.1) is 0 Å². The van der Waals surface area contributed by atoms with Crippen LogP contribution in [0.5, 0.6) is 11.5 Å². The van der Waals surface area contributed by atoms with E-state index in [2.05, 4.69) is 4.99 Å². The molecule has 0 bridgehead atoms. The molecule has 0 atom stereocenters. The van der Waals surface area contributed by atoms with Crippen molar-refractivity contribution in [3.63, 3.8) is 0 Å². The van der Waals surface area contributed by atoms with E-state index in [1.807, 2.05) is 47.0 Å². The van der Waals surface area contributed by atoms with Gasteiger partial charge in [0.15, 0.2) is 16.3 Å². The maximum atomic E-state index is 12.5. The molecule has 1 aromatic heterocycles. The number of rotatable bonds is 6. The molecule has 0 saturated carbocycles. The molecular weight excluding hydrogens is 392 g/mol. The molecular formula is C21H20N2O5S. The van der Waals surface area contributed by atoms with Crippen molar-refractivity contribution in [3.05, 3.63) is 52.8 Å². The van der Waals surface area contributed by atoms with Crippen molar-refractivity contribution < 1.29 is 23.8 Å². The summed E-state index contributed by atoms with van der Waals surface area (Å²) in [5, 5.41) is 0. The largest absolute Gasteiger partial charge is 0.466 e. The van der Waals surface area contributed by atoms with Crippen LogP contribution in [0.1, 0.15) is 18.9 Å². The van der Waals surface area contributed by atoms with Crippen LogP contribution in [-0.2, 0) is 27.3 Å². The lowest BCUT2D eigenvalue weighted by atomic mass is 10.1. The van der Waals surface area contributed by atoms with E-state index in [1.54, 1.807) is 6.92 Å². The lowest BCUT2D eigenvalue weighted by molar-refractivity contribution is -0.143. The Morgan fingerprint density at radius 1 is 1.17 bits per heavy atom. The molecule has 8 heteroatoms. The van der Waals surface area contributed by atoms with Crippen LogP contribution in [0, 0.1) is 0 Å². The molecule has 0 aliphatic carbocycles. The first-order chi connectivity index (χ1) is 14.1. The minimum absolute atomic E-state index is 0.183. The van der Waals surface area contributed by atoms with E-state index in [9.17, 15) is 9.59 Å². The Morgan fingerprint density at radius 2 is 1.93 bits per heavy atom. The van der Waals surface area contributed by atoms with E-state index in [4.69, 9.17) is 14.2 Å². The number of carbonyl (C=O) groups excluding carboxylic acids is 2. The average molecular weight is 412 g/mol. The zero-order chi connectivity index (χ0) is 20.2. The van der Waals surface area contributed by atoms with Gasteiger partial charge in [0.1, 0.15) is 0 Å². The van der Waals surface area contributed by atoms with Crippen molar-refractivity contribution >= 4 is 33.4 Å². The maximum Gasteiger partial charge on any atom is 0.307 e. The summed E-state index contributed by atoms with van der Waals surface area (Å²) >= 11 is 1.38. The van der Waals surface area contributed by atoms with Crippen molar-refractivity contribution in [2.24, 2.45) is 4.99 Å². The molecule has 7 nitrogen and oxygen atoms in total. The zero-order valence-corrected chi connectivity index (χ0v) is 16.7. The Balaban J connectivity index is 1.70. The van der Waals surface area contributed by atoms with Crippen molar-refractivity contribution in [2.45, 2.75) is 26.3 Å². The topological polar surface area (TPSA) is 79.1 Å². The van der Waals surface area contributed by atoms with Gasteiger partial charge in [-0.05, 0) is 12.5 Å². The third kappa shape index (κ3) is 4.32. The summed E-state index contributed by atoms with van der Waals surface area (Å²) in [4.78, 5) is 29.3. The second-order valence-electron chi connectivity index (χ2n) is 6.43. The SMILES string of the molecule is CCOC(=O)CCn1c(=NC(=O)Cc2ccccc2)sc2cc3c(cc21)OCO3. The van der Waals surface area contributed by atoms with Crippen molar-refractivity contribution in [2.75, 3.05) is 13.4 Å². The molecule has 0 fully saturated rings. The van der Waals surface area contributed by atoms with Gasteiger partial charge in [-0.3, -0.25) is 9.59 Å². The number of esters is 1. The number of hydrogen-bond donors (Lipinski definition) is 0. The van der Waals surface area contributed by atoms with Crippen molar-refractivity contribution in [1.29, 1.82) is 0 Å². The molecule has 0 N–H and O–H groups in total. The summed E-state index contributed by atoms with van der Waals surface area (Å²) in [6.45, 7) is 2.65. The van der Waals surface area contributed by atoms with Gasteiger partial charge < -0.3 is 18.8 Å². The van der Waals surface area contributed by atoms with Gasteiger partial charge in [0.25, 0.3) is 5.91 Å². The van der Waals surface area contributed by atoms with E-state index in [0.29, 0.717) is 29.5 Å². The van der Waals surface area contributed by atoms with Crippen molar-refractivity contribution in [1.82, 2.24) is 4.57 Å². The minimum atomic E-state index is -0.290. The van der Waals surface area contributed by atoms with Crippen LogP contribution in [0.25, 0.3) is 10.2 Å². The Kier molecular flexibility index (Phi) is 5.62. The van der Waals surface area contributed by atoms with Crippen LogP contribution in [-0.4, -0.2) is 29.8 Å². The Morgan fingerprint density at radius 3 is 2.69 bits per heavy atom. The number of aryl methyl sites for hydroxylation is 1. The minimum Gasteiger partial charge on any atom is -0.466 e. The lowest BCUT2D eigenvalue weighted by Gasteiger charge is -2.06. The molecule has 0 unspecified atom stereocenters. The van der Waals surface area contributed by atoms with E-state index in [0.717, 1.165) is 15.8 Å². The number of hydrogen-bond acceptors (Lipinski definition) is 6. The zero-order valence-electron chi connectivity index (χ0n) is 15.9. The predicted molar refractivity (Wildman–Crippen MR) is 108 cm³/mol. The van der Waals surface area contributed by atoms with Gasteiger partial charge >= 0.3 is 5.97 Å². The summed E-state index contributed by atoms with van der Waals surface area (Å²) in [5.74, 6) is 0.773. The number of aromatic nitrogens is 1. The fourth-order valence-corrected chi connectivity index (χ4v) is 4.20.